The van der Waals surface area contributed by atoms with Gasteiger partial charge in [0.25, 0.3) is 22.7 Å². The van der Waals surface area contributed by atoms with Crippen LogP contribution in [0.2, 0.25) is 0 Å². The highest BCUT2D eigenvalue weighted by Crippen LogP contribution is 2.32. The van der Waals surface area contributed by atoms with Gasteiger partial charge in [-0.05, 0) is 59.9 Å². The number of aromatic carboxylic acids is 1. The molecule has 210 valence electrons. The van der Waals surface area contributed by atoms with Crippen LogP contribution >= 0.6 is 0 Å². The van der Waals surface area contributed by atoms with Gasteiger partial charge in [0.15, 0.2) is 0 Å². The Kier molecular flexibility index (Phi) is 6.46. The molecule has 13 nitrogen and oxygen atoms in total. The van der Waals surface area contributed by atoms with Gasteiger partial charge in [0.2, 0.25) is 5.78 Å². The molecule has 1 aliphatic carbocycles. The van der Waals surface area contributed by atoms with Gasteiger partial charge < -0.3 is 26.8 Å². The van der Waals surface area contributed by atoms with Gasteiger partial charge in [-0.2, -0.15) is 0 Å². The van der Waals surface area contributed by atoms with Crippen molar-refractivity contribution in [1.82, 2.24) is 25.0 Å². The van der Waals surface area contributed by atoms with Gasteiger partial charge in [0, 0.05) is 24.6 Å². The fraction of sp³-hybridized carbons (Fsp3) is 0.138. The quantitative estimate of drug-likeness (QED) is 0.173. The van der Waals surface area contributed by atoms with E-state index < -0.39 is 28.6 Å². The summed E-state index contributed by atoms with van der Waals surface area (Å²) in [7, 11) is 0. The van der Waals surface area contributed by atoms with E-state index in [4.69, 9.17) is 5.73 Å². The number of hydrogen-bond acceptors (Lipinski definition) is 9. The van der Waals surface area contributed by atoms with Crippen LogP contribution in [0.4, 0.5) is 17.1 Å². The number of carbonyl (C=O) groups excluding carboxylic acids is 2. The lowest BCUT2D eigenvalue weighted by Crippen LogP contribution is -2.36. The Morgan fingerprint density at radius 1 is 1.05 bits per heavy atom. The van der Waals surface area contributed by atoms with Crippen LogP contribution in [0.25, 0.3) is 5.78 Å². The summed E-state index contributed by atoms with van der Waals surface area (Å²) < 4.78 is 1.47. The van der Waals surface area contributed by atoms with Crippen molar-refractivity contribution in [1.29, 1.82) is 0 Å². The van der Waals surface area contributed by atoms with Crippen molar-refractivity contribution in [3.8, 4) is 0 Å². The van der Waals surface area contributed by atoms with Gasteiger partial charge in [0.05, 0.1) is 11.6 Å². The number of nitrogens with one attached hydrogen (secondary N) is 3. The van der Waals surface area contributed by atoms with Crippen molar-refractivity contribution >= 4 is 40.6 Å². The number of aryl methyl sites for hydroxylation is 1. The lowest BCUT2D eigenvalue weighted by molar-refractivity contribution is 0.0696. The van der Waals surface area contributed by atoms with Crippen LogP contribution in [0.1, 0.15) is 60.5 Å². The molecule has 0 bridgehead atoms. The number of anilines is 3. The lowest BCUT2D eigenvalue weighted by Gasteiger charge is -2.15. The van der Waals surface area contributed by atoms with Gasteiger partial charge in [-0.3, -0.25) is 23.6 Å². The van der Waals surface area contributed by atoms with Crippen molar-refractivity contribution in [3.05, 3.63) is 115 Å². The average molecular weight is 566 g/mol. The minimum atomic E-state index is -1.01. The Labute approximate surface area is 236 Å². The van der Waals surface area contributed by atoms with E-state index in [-0.39, 0.29) is 46.7 Å². The number of carbonyl (C=O) groups is 3. The van der Waals surface area contributed by atoms with Crippen LogP contribution < -0.4 is 32.5 Å². The number of nitrogens with two attached hydrogens (primary N) is 1. The Morgan fingerprint density at radius 3 is 2.67 bits per heavy atom. The maximum atomic E-state index is 13.3. The molecule has 0 aliphatic heterocycles. The molecule has 0 saturated heterocycles. The minimum absolute atomic E-state index is 0.00577. The number of carboxylic acid groups (broad SMARTS) is 1. The molecule has 0 fully saturated rings. The van der Waals surface area contributed by atoms with Crippen molar-refractivity contribution in [2.75, 3.05) is 11.1 Å². The van der Waals surface area contributed by atoms with Gasteiger partial charge in [0.1, 0.15) is 22.8 Å². The predicted octanol–water partition coefficient (Wildman–Crippen LogP) is 1.70. The maximum absolute atomic E-state index is 13.3. The summed E-state index contributed by atoms with van der Waals surface area (Å²) in [5.41, 5.74) is 7.37. The molecule has 2 heterocycles. The van der Waals surface area contributed by atoms with Crippen LogP contribution in [-0.4, -0.2) is 37.3 Å². The van der Waals surface area contributed by atoms with E-state index in [1.54, 1.807) is 42.6 Å². The Balaban J connectivity index is 1.17. The zero-order valence-corrected chi connectivity index (χ0v) is 21.9. The Bertz CT molecular complexity index is 1990. The number of fused-ring (bicyclic) bond motifs is 2. The molecule has 6 rings (SSSR count). The number of rotatable bonds is 8. The largest absolute Gasteiger partial charge is 0.478 e. The van der Waals surface area contributed by atoms with Crippen molar-refractivity contribution in [3.63, 3.8) is 0 Å². The third kappa shape index (κ3) is 4.72. The second-order valence-electron chi connectivity index (χ2n) is 9.86. The molecule has 42 heavy (non-hydrogen) atoms. The zero-order chi connectivity index (χ0) is 29.5. The summed E-state index contributed by atoms with van der Waals surface area (Å²) in [6.45, 7) is 0.118. The number of amides is 2. The van der Waals surface area contributed by atoms with E-state index >= 15 is 0 Å². The van der Waals surface area contributed by atoms with Crippen molar-refractivity contribution in [2.45, 2.75) is 25.4 Å². The number of nitrogens with zero attached hydrogens (tertiary/aromatic N) is 3. The molecule has 0 spiro atoms. The molecule has 1 aliphatic rings. The van der Waals surface area contributed by atoms with E-state index in [0.29, 0.717) is 24.1 Å². The van der Waals surface area contributed by atoms with E-state index in [2.05, 4.69) is 25.9 Å². The standard InChI is InChI=1S/C29H23N7O6/c30-22-23(25(38)24(22)37)33-17-3-1-2-14(10-17)13-32-27(40)21-12-20(35-29-31-8-9-36(21)29)26(39)34-19-7-5-15-11-16(28(41)42)4-6-18(15)19/h1-4,6,8-12,19,33H,5,7,13,30H2,(H,32,40)(H,34,39)(H,41,42)/t19-/m0/s1. The number of hydrogen-bond donors (Lipinski definition) is 5. The van der Waals surface area contributed by atoms with Gasteiger partial charge in [-0.15, -0.1) is 0 Å². The first-order valence-electron chi connectivity index (χ1n) is 12.9. The summed E-state index contributed by atoms with van der Waals surface area (Å²) in [5.74, 6) is -1.82. The topological polar surface area (TPSA) is 198 Å². The predicted molar refractivity (Wildman–Crippen MR) is 152 cm³/mol. The molecule has 13 heteroatoms. The highest BCUT2D eigenvalue weighted by molar-refractivity contribution is 5.98. The van der Waals surface area contributed by atoms with Crippen LogP contribution in [0.5, 0.6) is 0 Å². The fourth-order valence-corrected chi connectivity index (χ4v) is 5.04. The summed E-state index contributed by atoms with van der Waals surface area (Å²) in [6.07, 6.45) is 4.26. The number of benzene rings is 2. The summed E-state index contributed by atoms with van der Waals surface area (Å²) >= 11 is 0. The monoisotopic (exact) mass is 565 g/mol. The highest BCUT2D eigenvalue weighted by Gasteiger charge is 2.27. The second-order valence-corrected chi connectivity index (χ2v) is 9.86. The summed E-state index contributed by atoms with van der Waals surface area (Å²) in [4.78, 5) is 69.3. The first-order chi connectivity index (χ1) is 20.2. The summed E-state index contributed by atoms with van der Waals surface area (Å²) in [6, 6.07) is 12.8. The minimum Gasteiger partial charge on any atom is -0.478 e. The second kappa shape index (κ2) is 10.3. The van der Waals surface area contributed by atoms with Gasteiger partial charge in [-0.1, -0.05) is 18.2 Å². The van der Waals surface area contributed by atoms with Gasteiger partial charge in [-0.25, -0.2) is 14.8 Å². The molecule has 0 radical (unpaired) electrons. The lowest BCUT2D eigenvalue weighted by atomic mass is 10.0. The molecule has 6 N–H and O–H groups in total. The molecule has 5 aromatic rings. The first kappa shape index (κ1) is 26.4. The third-order valence-corrected chi connectivity index (χ3v) is 7.21. The SMILES string of the molecule is Nc1c(Nc2cccc(CNC(=O)c3cc(C(=O)N[C@H]4CCc5cc(C(=O)O)ccc54)nc4nccn34)c2)c(=O)c1=O. The maximum Gasteiger partial charge on any atom is 0.335 e. The van der Waals surface area contributed by atoms with Crippen LogP contribution in [0.15, 0.2) is 70.5 Å². The zero-order valence-electron chi connectivity index (χ0n) is 21.9. The van der Waals surface area contributed by atoms with E-state index in [9.17, 15) is 29.1 Å². The summed E-state index contributed by atoms with van der Waals surface area (Å²) in [5, 5.41) is 17.8. The van der Waals surface area contributed by atoms with Crippen LogP contribution in [0.3, 0.4) is 0 Å². The van der Waals surface area contributed by atoms with Crippen molar-refractivity contribution < 1.29 is 19.5 Å². The van der Waals surface area contributed by atoms with Gasteiger partial charge >= 0.3 is 5.97 Å². The molecule has 2 amide bonds. The van der Waals surface area contributed by atoms with E-state index in [1.165, 1.54) is 22.7 Å². The Hall–Kier alpha value is -5.85. The molecule has 3 aromatic carbocycles. The number of nitrogen functional groups attached to an aromatic ring is 1. The fourth-order valence-electron chi connectivity index (χ4n) is 5.04. The van der Waals surface area contributed by atoms with E-state index in [1.807, 2.05) is 0 Å². The number of aromatic nitrogens is 3. The normalized spacial score (nSPS) is 14.0. The average Bonchev–Trinajstić information content (AvgIpc) is 3.64. The first-order valence-corrected chi connectivity index (χ1v) is 12.9. The molecule has 2 aromatic heterocycles. The van der Waals surface area contributed by atoms with Crippen LogP contribution in [0, 0.1) is 0 Å². The van der Waals surface area contributed by atoms with Crippen molar-refractivity contribution in [2.24, 2.45) is 0 Å². The molecule has 0 unspecified atom stereocenters. The number of carboxylic acids is 1. The van der Waals surface area contributed by atoms with E-state index in [0.717, 1.165) is 11.1 Å². The molecule has 1 atom stereocenters. The molecular formula is C29H23N7O6. The highest BCUT2D eigenvalue weighted by atomic mass is 16.4. The third-order valence-electron chi connectivity index (χ3n) is 7.21. The smallest absolute Gasteiger partial charge is 0.335 e. The molecule has 0 saturated carbocycles. The Morgan fingerprint density at radius 2 is 1.88 bits per heavy atom. The molecular weight excluding hydrogens is 542 g/mol. The number of imidazole rings is 1. The van der Waals surface area contributed by atoms with Crippen LogP contribution in [-0.2, 0) is 13.0 Å².